The maximum atomic E-state index is 12.2. The van der Waals surface area contributed by atoms with E-state index in [1.54, 1.807) is 17.0 Å². The number of aromatic nitrogens is 2. The minimum absolute atomic E-state index is 0.0352. The third-order valence-electron chi connectivity index (χ3n) is 2.81. The highest BCUT2D eigenvalue weighted by atomic mass is 16.3. The summed E-state index contributed by atoms with van der Waals surface area (Å²) in [4.78, 5) is 18.3. The van der Waals surface area contributed by atoms with Crippen LogP contribution in [0.15, 0.2) is 17.2 Å². The maximum Gasteiger partial charge on any atom is 0.293 e. The second-order valence-corrected chi connectivity index (χ2v) is 4.31. The molecule has 0 spiro atoms. The molecule has 1 N–H and O–H groups in total. The Morgan fingerprint density at radius 2 is 2.11 bits per heavy atom. The first-order chi connectivity index (χ1) is 8.74. The van der Waals surface area contributed by atoms with Crippen molar-refractivity contribution in [2.75, 3.05) is 24.6 Å². The average molecular weight is 253 g/mol. The Bertz CT molecular complexity index is 403. The number of aliphatic hydroxyl groups is 1. The predicted molar refractivity (Wildman–Crippen MR) is 73.0 cm³/mol. The van der Waals surface area contributed by atoms with Gasteiger partial charge in [-0.15, -0.1) is 0 Å². The van der Waals surface area contributed by atoms with Crippen LogP contribution in [0.3, 0.4) is 0 Å². The van der Waals surface area contributed by atoms with E-state index in [4.69, 9.17) is 5.11 Å². The van der Waals surface area contributed by atoms with E-state index < -0.39 is 0 Å². The highest BCUT2D eigenvalue weighted by Gasteiger charge is 2.12. The Balaban J connectivity index is 2.96. The number of unbranched alkanes of at least 4 members (excludes halogenated alkanes) is 1. The molecule has 0 aromatic carbocycles. The molecule has 18 heavy (non-hydrogen) atoms. The summed E-state index contributed by atoms with van der Waals surface area (Å²) in [6, 6.07) is 0. The standard InChI is InChI=1S/C13H23N3O2/c1-3-5-8-15(10-11-17)12-13(18)16(7-4-2)9-6-14-12/h6,9,17H,3-5,7-8,10-11H2,1-2H3. The molecule has 0 aliphatic rings. The van der Waals surface area contributed by atoms with Gasteiger partial charge in [0.25, 0.3) is 5.56 Å². The molecule has 1 rings (SSSR count). The molecule has 1 aromatic heterocycles. The van der Waals surface area contributed by atoms with Gasteiger partial charge in [0.15, 0.2) is 5.82 Å². The van der Waals surface area contributed by atoms with Gasteiger partial charge in [-0.2, -0.15) is 0 Å². The quantitative estimate of drug-likeness (QED) is 0.757. The zero-order valence-electron chi connectivity index (χ0n) is 11.3. The average Bonchev–Trinajstić information content (AvgIpc) is 2.38. The molecule has 102 valence electrons. The first-order valence-electron chi connectivity index (χ1n) is 6.65. The van der Waals surface area contributed by atoms with Crippen molar-refractivity contribution < 1.29 is 5.11 Å². The molecule has 0 aliphatic carbocycles. The summed E-state index contributed by atoms with van der Waals surface area (Å²) in [5.74, 6) is 0.452. The number of nitrogens with zero attached hydrogens (tertiary/aromatic N) is 3. The lowest BCUT2D eigenvalue weighted by Crippen LogP contribution is -2.35. The highest BCUT2D eigenvalue weighted by Crippen LogP contribution is 2.05. The van der Waals surface area contributed by atoms with Crippen LogP contribution in [0.1, 0.15) is 33.1 Å². The normalized spacial score (nSPS) is 10.6. The summed E-state index contributed by atoms with van der Waals surface area (Å²) in [5.41, 5.74) is -0.0658. The Morgan fingerprint density at radius 1 is 1.33 bits per heavy atom. The molecule has 0 saturated carbocycles. The third kappa shape index (κ3) is 3.84. The van der Waals surface area contributed by atoms with E-state index in [9.17, 15) is 4.79 Å². The van der Waals surface area contributed by atoms with Crippen molar-refractivity contribution in [3.63, 3.8) is 0 Å². The lowest BCUT2D eigenvalue weighted by molar-refractivity contribution is 0.301. The molecule has 0 fully saturated rings. The van der Waals surface area contributed by atoms with Crippen LogP contribution in [-0.2, 0) is 6.54 Å². The fourth-order valence-corrected chi connectivity index (χ4v) is 1.86. The van der Waals surface area contributed by atoms with Crippen molar-refractivity contribution in [2.24, 2.45) is 0 Å². The second-order valence-electron chi connectivity index (χ2n) is 4.31. The van der Waals surface area contributed by atoms with Crippen molar-refractivity contribution in [1.29, 1.82) is 0 Å². The minimum Gasteiger partial charge on any atom is -0.395 e. The Hall–Kier alpha value is -1.36. The topological polar surface area (TPSA) is 58.4 Å². The maximum absolute atomic E-state index is 12.2. The van der Waals surface area contributed by atoms with Crippen molar-refractivity contribution in [3.8, 4) is 0 Å². The number of anilines is 1. The molecule has 5 heteroatoms. The lowest BCUT2D eigenvalue weighted by Gasteiger charge is -2.22. The van der Waals surface area contributed by atoms with Crippen LogP contribution in [0.5, 0.6) is 0 Å². The molecule has 0 saturated heterocycles. The van der Waals surface area contributed by atoms with Crippen LogP contribution in [0.2, 0.25) is 0 Å². The van der Waals surface area contributed by atoms with Crippen LogP contribution < -0.4 is 10.5 Å². The van der Waals surface area contributed by atoms with E-state index in [2.05, 4.69) is 11.9 Å². The van der Waals surface area contributed by atoms with Crippen LogP contribution >= 0.6 is 0 Å². The summed E-state index contributed by atoms with van der Waals surface area (Å²) >= 11 is 0. The first-order valence-corrected chi connectivity index (χ1v) is 6.65. The predicted octanol–water partition coefficient (Wildman–Crippen LogP) is 1.25. The Kier molecular flexibility index (Phi) is 6.43. The van der Waals surface area contributed by atoms with Gasteiger partial charge >= 0.3 is 0 Å². The van der Waals surface area contributed by atoms with Crippen molar-refractivity contribution in [2.45, 2.75) is 39.7 Å². The van der Waals surface area contributed by atoms with Crippen LogP contribution in [-0.4, -0.2) is 34.4 Å². The molecule has 0 unspecified atom stereocenters. The summed E-state index contributed by atoms with van der Waals surface area (Å²) < 4.78 is 1.68. The van der Waals surface area contributed by atoms with Gasteiger partial charge in [0.1, 0.15) is 0 Å². The summed E-state index contributed by atoms with van der Waals surface area (Å²) in [5, 5.41) is 9.08. The molecule has 0 atom stereocenters. The molecule has 0 bridgehead atoms. The largest absolute Gasteiger partial charge is 0.395 e. The van der Waals surface area contributed by atoms with Gasteiger partial charge in [-0.1, -0.05) is 20.3 Å². The van der Waals surface area contributed by atoms with Gasteiger partial charge in [-0.05, 0) is 12.8 Å². The van der Waals surface area contributed by atoms with E-state index in [0.717, 1.165) is 25.8 Å². The van der Waals surface area contributed by atoms with Crippen molar-refractivity contribution in [3.05, 3.63) is 22.7 Å². The molecular weight excluding hydrogens is 230 g/mol. The minimum atomic E-state index is -0.0658. The van der Waals surface area contributed by atoms with Gasteiger partial charge in [-0.25, -0.2) is 4.98 Å². The molecule has 5 nitrogen and oxygen atoms in total. The third-order valence-corrected chi connectivity index (χ3v) is 2.81. The smallest absolute Gasteiger partial charge is 0.293 e. The second kappa shape index (κ2) is 7.87. The highest BCUT2D eigenvalue weighted by molar-refractivity contribution is 5.35. The lowest BCUT2D eigenvalue weighted by atomic mass is 10.3. The summed E-state index contributed by atoms with van der Waals surface area (Å²) in [6.45, 7) is 6.09. The summed E-state index contributed by atoms with van der Waals surface area (Å²) in [7, 11) is 0. The fourth-order valence-electron chi connectivity index (χ4n) is 1.86. The number of aliphatic hydroxyl groups excluding tert-OH is 1. The molecule has 0 aliphatic heterocycles. The van der Waals surface area contributed by atoms with Gasteiger partial charge in [0.05, 0.1) is 6.61 Å². The molecule has 1 heterocycles. The van der Waals surface area contributed by atoms with Gasteiger partial charge in [0, 0.05) is 32.0 Å². The van der Waals surface area contributed by atoms with E-state index >= 15 is 0 Å². The fraction of sp³-hybridized carbons (Fsp3) is 0.692. The molecule has 1 aromatic rings. The Morgan fingerprint density at radius 3 is 2.72 bits per heavy atom. The molecular formula is C13H23N3O2. The van der Waals surface area contributed by atoms with Crippen LogP contribution in [0.25, 0.3) is 0 Å². The monoisotopic (exact) mass is 253 g/mol. The van der Waals surface area contributed by atoms with Gasteiger partial charge in [-0.3, -0.25) is 4.79 Å². The van der Waals surface area contributed by atoms with E-state index in [1.165, 1.54) is 0 Å². The number of hydrogen-bond donors (Lipinski definition) is 1. The molecule has 0 amide bonds. The number of hydrogen-bond acceptors (Lipinski definition) is 4. The number of rotatable bonds is 8. The zero-order valence-corrected chi connectivity index (χ0v) is 11.3. The van der Waals surface area contributed by atoms with Gasteiger partial charge in [0.2, 0.25) is 0 Å². The SMILES string of the molecule is CCCCN(CCO)c1nccn(CCC)c1=O. The zero-order chi connectivity index (χ0) is 13.4. The Labute approximate surface area is 108 Å². The van der Waals surface area contributed by atoms with E-state index in [0.29, 0.717) is 18.9 Å². The van der Waals surface area contributed by atoms with Crippen LogP contribution in [0, 0.1) is 0 Å². The number of aryl methyl sites for hydroxylation is 1. The van der Waals surface area contributed by atoms with Crippen LogP contribution in [0.4, 0.5) is 5.82 Å². The van der Waals surface area contributed by atoms with E-state index in [-0.39, 0.29) is 12.2 Å². The summed E-state index contributed by atoms with van der Waals surface area (Å²) in [6.07, 6.45) is 6.33. The van der Waals surface area contributed by atoms with Crippen molar-refractivity contribution >= 4 is 5.82 Å². The van der Waals surface area contributed by atoms with E-state index in [1.807, 2.05) is 11.8 Å². The first kappa shape index (κ1) is 14.7. The molecule has 0 radical (unpaired) electrons. The van der Waals surface area contributed by atoms with Gasteiger partial charge < -0.3 is 14.6 Å². The van der Waals surface area contributed by atoms with Crippen molar-refractivity contribution in [1.82, 2.24) is 9.55 Å².